The molecular formula is C9H19N3O5S. The van der Waals surface area contributed by atoms with Gasteiger partial charge in [0, 0.05) is 19.0 Å². The van der Waals surface area contributed by atoms with Crippen LogP contribution in [0.15, 0.2) is 0 Å². The Morgan fingerprint density at radius 1 is 1.33 bits per heavy atom. The molecule has 0 aromatic heterocycles. The third-order valence-electron chi connectivity index (χ3n) is 2.14. The normalized spacial score (nSPS) is 12.8. The van der Waals surface area contributed by atoms with Gasteiger partial charge < -0.3 is 15.7 Å². The zero-order valence-corrected chi connectivity index (χ0v) is 11.2. The summed E-state index contributed by atoms with van der Waals surface area (Å²) in [6.07, 6.45) is 0.285. The Labute approximate surface area is 106 Å². The zero-order valence-electron chi connectivity index (χ0n) is 10.4. The largest absolute Gasteiger partial charge is 0.481 e. The van der Waals surface area contributed by atoms with Gasteiger partial charge in [0.25, 0.3) is 0 Å². The topological polar surface area (TPSA) is 125 Å². The standard InChI is InChI=1S/C9H19N3O5S/c1-7(3-4-8(13)14)12-9(15)11-5-6-18(16,17)10-2/h7,10H,3-6H2,1-2H3,(H,13,14)(H2,11,12,15). The van der Waals surface area contributed by atoms with Crippen LogP contribution in [0.5, 0.6) is 0 Å². The van der Waals surface area contributed by atoms with Crippen LogP contribution in [0.2, 0.25) is 0 Å². The quantitative estimate of drug-likeness (QED) is 0.458. The molecule has 9 heteroatoms. The van der Waals surface area contributed by atoms with Gasteiger partial charge in [0.1, 0.15) is 0 Å². The summed E-state index contributed by atoms with van der Waals surface area (Å²) in [6, 6.07) is -0.804. The Kier molecular flexibility index (Phi) is 7.29. The van der Waals surface area contributed by atoms with E-state index < -0.39 is 22.0 Å². The van der Waals surface area contributed by atoms with Crippen molar-refractivity contribution in [3.63, 3.8) is 0 Å². The minimum absolute atomic E-state index is 0.0132. The predicted octanol–water partition coefficient (Wildman–Crippen LogP) is -0.912. The molecular weight excluding hydrogens is 262 g/mol. The number of rotatable bonds is 8. The summed E-state index contributed by atoms with van der Waals surface area (Å²) in [4.78, 5) is 21.6. The molecule has 4 N–H and O–H groups in total. The number of carboxylic acids is 1. The van der Waals surface area contributed by atoms with Crippen molar-refractivity contribution in [1.82, 2.24) is 15.4 Å². The molecule has 106 valence electrons. The van der Waals surface area contributed by atoms with E-state index in [1.165, 1.54) is 7.05 Å². The lowest BCUT2D eigenvalue weighted by Gasteiger charge is -2.13. The van der Waals surface area contributed by atoms with Crippen LogP contribution in [-0.4, -0.2) is 50.9 Å². The SMILES string of the molecule is CNS(=O)(=O)CCNC(=O)NC(C)CCC(=O)O. The van der Waals surface area contributed by atoms with Gasteiger partial charge in [-0.2, -0.15) is 0 Å². The van der Waals surface area contributed by atoms with Crippen molar-refractivity contribution in [3.05, 3.63) is 0 Å². The Hall–Kier alpha value is -1.35. The number of nitrogens with one attached hydrogen (secondary N) is 3. The number of sulfonamides is 1. The van der Waals surface area contributed by atoms with Crippen molar-refractivity contribution < 1.29 is 23.1 Å². The van der Waals surface area contributed by atoms with Gasteiger partial charge in [-0.1, -0.05) is 0 Å². The summed E-state index contributed by atoms with van der Waals surface area (Å²) in [7, 11) is -2.04. The highest BCUT2D eigenvalue weighted by Crippen LogP contribution is 1.95. The molecule has 0 aliphatic rings. The highest BCUT2D eigenvalue weighted by molar-refractivity contribution is 7.89. The van der Waals surface area contributed by atoms with Crippen molar-refractivity contribution in [2.45, 2.75) is 25.8 Å². The summed E-state index contributed by atoms with van der Waals surface area (Å²) < 4.78 is 24.2. The molecule has 2 amide bonds. The van der Waals surface area contributed by atoms with E-state index in [4.69, 9.17) is 5.11 Å². The minimum atomic E-state index is -3.34. The molecule has 0 saturated heterocycles. The van der Waals surface area contributed by atoms with Gasteiger partial charge in [-0.15, -0.1) is 0 Å². The van der Waals surface area contributed by atoms with Crippen LogP contribution in [0.4, 0.5) is 4.79 Å². The first kappa shape index (κ1) is 16.6. The number of carbonyl (C=O) groups is 2. The second-order valence-corrected chi connectivity index (χ2v) is 5.80. The van der Waals surface area contributed by atoms with Gasteiger partial charge in [0.05, 0.1) is 5.75 Å². The van der Waals surface area contributed by atoms with E-state index in [2.05, 4.69) is 15.4 Å². The number of urea groups is 1. The molecule has 18 heavy (non-hydrogen) atoms. The summed E-state index contributed by atoms with van der Waals surface area (Å²) >= 11 is 0. The van der Waals surface area contributed by atoms with Crippen molar-refractivity contribution in [2.75, 3.05) is 19.3 Å². The van der Waals surface area contributed by atoms with E-state index in [0.29, 0.717) is 6.42 Å². The molecule has 0 aromatic carbocycles. The molecule has 0 rings (SSSR count). The van der Waals surface area contributed by atoms with E-state index in [1.807, 2.05) is 0 Å². The summed E-state index contributed by atoms with van der Waals surface area (Å²) in [5.74, 6) is -1.13. The third kappa shape index (κ3) is 8.76. The van der Waals surface area contributed by atoms with Crippen LogP contribution in [0.3, 0.4) is 0 Å². The van der Waals surface area contributed by atoms with Gasteiger partial charge in [0.2, 0.25) is 10.0 Å². The first-order valence-electron chi connectivity index (χ1n) is 5.44. The van der Waals surface area contributed by atoms with Gasteiger partial charge >= 0.3 is 12.0 Å². The molecule has 1 atom stereocenters. The van der Waals surface area contributed by atoms with Crippen LogP contribution in [0, 0.1) is 0 Å². The number of carbonyl (C=O) groups excluding carboxylic acids is 1. The minimum Gasteiger partial charge on any atom is -0.481 e. The molecule has 0 aliphatic carbocycles. The second-order valence-electron chi connectivity index (χ2n) is 3.76. The number of hydrogen-bond acceptors (Lipinski definition) is 4. The average molecular weight is 281 g/mol. The molecule has 8 nitrogen and oxygen atoms in total. The van der Waals surface area contributed by atoms with Crippen molar-refractivity contribution in [2.24, 2.45) is 0 Å². The smallest absolute Gasteiger partial charge is 0.315 e. The second kappa shape index (κ2) is 7.88. The number of amides is 2. The zero-order chi connectivity index (χ0) is 14.2. The maximum atomic E-state index is 11.3. The van der Waals surface area contributed by atoms with Gasteiger partial charge in [0.15, 0.2) is 0 Å². The molecule has 0 radical (unpaired) electrons. The van der Waals surface area contributed by atoms with Crippen molar-refractivity contribution in [1.29, 1.82) is 0 Å². The molecule has 0 bridgehead atoms. The number of hydrogen-bond donors (Lipinski definition) is 4. The highest BCUT2D eigenvalue weighted by atomic mass is 32.2. The Bertz CT molecular complexity index is 382. The van der Waals surface area contributed by atoms with Gasteiger partial charge in [-0.25, -0.2) is 17.9 Å². The molecule has 0 spiro atoms. The fraction of sp³-hybridized carbons (Fsp3) is 0.778. The molecule has 1 unspecified atom stereocenters. The maximum Gasteiger partial charge on any atom is 0.315 e. The lowest BCUT2D eigenvalue weighted by Crippen LogP contribution is -2.43. The van der Waals surface area contributed by atoms with Crippen LogP contribution in [0.1, 0.15) is 19.8 Å². The van der Waals surface area contributed by atoms with E-state index in [1.54, 1.807) is 6.92 Å². The van der Waals surface area contributed by atoms with E-state index >= 15 is 0 Å². The fourth-order valence-electron chi connectivity index (χ4n) is 1.09. The molecule has 0 heterocycles. The first-order valence-corrected chi connectivity index (χ1v) is 7.09. The van der Waals surface area contributed by atoms with Crippen LogP contribution < -0.4 is 15.4 Å². The van der Waals surface area contributed by atoms with Gasteiger partial charge in [-0.05, 0) is 20.4 Å². The molecule has 0 saturated carbocycles. The summed E-state index contributed by atoms with van der Waals surface area (Å²) in [6.45, 7) is 1.66. The first-order chi connectivity index (χ1) is 8.26. The number of carboxylic acid groups (broad SMARTS) is 1. The average Bonchev–Trinajstić information content (AvgIpc) is 2.26. The fourth-order valence-corrected chi connectivity index (χ4v) is 1.66. The van der Waals surface area contributed by atoms with E-state index in [9.17, 15) is 18.0 Å². The lowest BCUT2D eigenvalue weighted by molar-refractivity contribution is -0.137. The van der Waals surface area contributed by atoms with Crippen molar-refractivity contribution >= 4 is 22.0 Å². The Morgan fingerprint density at radius 2 is 1.94 bits per heavy atom. The Morgan fingerprint density at radius 3 is 2.44 bits per heavy atom. The third-order valence-corrected chi connectivity index (χ3v) is 3.50. The predicted molar refractivity (Wildman–Crippen MR) is 65.7 cm³/mol. The van der Waals surface area contributed by atoms with Gasteiger partial charge in [-0.3, -0.25) is 4.79 Å². The van der Waals surface area contributed by atoms with Crippen molar-refractivity contribution in [3.8, 4) is 0 Å². The lowest BCUT2D eigenvalue weighted by atomic mass is 10.2. The van der Waals surface area contributed by atoms with Crippen LogP contribution >= 0.6 is 0 Å². The van der Waals surface area contributed by atoms with E-state index in [-0.39, 0.29) is 24.8 Å². The monoisotopic (exact) mass is 281 g/mol. The van der Waals surface area contributed by atoms with Crippen LogP contribution in [0.25, 0.3) is 0 Å². The van der Waals surface area contributed by atoms with E-state index in [0.717, 1.165) is 0 Å². The molecule has 0 aliphatic heterocycles. The summed E-state index contributed by atoms with van der Waals surface area (Å²) in [5, 5.41) is 13.3. The molecule has 0 aromatic rings. The number of aliphatic carboxylic acids is 1. The summed E-state index contributed by atoms with van der Waals surface area (Å²) in [5.41, 5.74) is 0. The van der Waals surface area contributed by atoms with Crippen LogP contribution in [-0.2, 0) is 14.8 Å². The maximum absolute atomic E-state index is 11.3. The Balaban J connectivity index is 3.81. The highest BCUT2D eigenvalue weighted by Gasteiger charge is 2.10. The molecule has 0 fully saturated rings.